The molecule has 0 unspecified atom stereocenters. The number of thioether (sulfide) groups is 1. The van der Waals surface area contributed by atoms with E-state index in [9.17, 15) is 14.4 Å². The third-order valence-corrected chi connectivity index (χ3v) is 8.60. The number of aromatic nitrogens is 1. The van der Waals surface area contributed by atoms with Crippen LogP contribution in [0.25, 0.3) is 17.3 Å². The van der Waals surface area contributed by atoms with Gasteiger partial charge in [0.25, 0.3) is 11.8 Å². The second-order valence-electron chi connectivity index (χ2n) is 10.6. The van der Waals surface area contributed by atoms with Gasteiger partial charge in [-0.2, -0.15) is 0 Å². The minimum absolute atomic E-state index is 0.106. The van der Waals surface area contributed by atoms with Crippen molar-refractivity contribution in [2.45, 2.75) is 11.8 Å². The van der Waals surface area contributed by atoms with Gasteiger partial charge in [-0.25, -0.2) is 4.98 Å². The van der Waals surface area contributed by atoms with E-state index in [1.165, 1.54) is 28.7 Å². The molecule has 5 rings (SSSR count). The first-order valence-electron chi connectivity index (χ1n) is 14.5. The Morgan fingerprint density at radius 1 is 0.848 bits per heavy atom. The van der Waals surface area contributed by atoms with Crippen molar-refractivity contribution in [3.8, 4) is 11.3 Å². The standard InChI is InChI=1S/C36H33N5O3S2/c1-24-9-13-26(14-10-24)32-22-46-36(39-32)40-33(42)23-45-30-19-15-28(16-20-30)37-35(44)31(38-34(43)27-7-5-4-6-8-27)21-25-11-17-29(18-12-25)41(2)3/h4-22H,23H2,1-3H3,(H,37,44)(H,38,43)(H,39,40,42)/b31-21-. The van der Waals surface area contributed by atoms with Gasteiger partial charge in [-0.05, 0) is 67.1 Å². The molecular weight excluding hydrogens is 615 g/mol. The van der Waals surface area contributed by atoms with Crippen molar-refractivity contribution in [2.75, 3.05) is 35.4 Å². The summed E-state index contributed by atoms with van der Waals surface area (Å²) in [6.07, 6.45) is 1.64. The van der Waals surface area contributed by atoms with Crippen LogP contribution in [-0.4, -0.2) is 42.6 Å². The van der Waals surface area contributed by atoms with Crippen LogP contribution in [0.1, 0.15) is 21.5 Å². The number of hydrogen-bond acceptors (Lipinski definition) is 7. The van der Waals surface area contributed by atoms with Crippen molar-refractivity contribution in [3.05, 3.63) is 131 Å². The Morgan fingerprint density at radius 3 is 2.22 bits per heavy atom. The van der Waals surface area contributed by atoms with Crippen molar-refractivity contribution < 1.29 is 14.4 Å². The average molecular weight is 648 g/mol. The van der Waals surface area contributed by atoms with E-state index < -0.39 is 5.91 Å². The molecule has 10 heteroatoms. The molecule has 46 heavy (non-hydrogen) atoms. The molecule has 0 atom stereocenters. The summed E-state index contributed by atoms with van der Waals surface area (Å²) in [5.74, 6) is -0.805. The highest BCUT2D eigenvalue weighted by molar-refractivity contribution is 8.00. The van der Waals surface area contributed by atoms with Crippen LogP contribution in [0, 0.1) is 6.92 Å². The van der Waals surface area contributed by atoms with Crippen LogP contribution in [0.4, 0.5) is 16.5 Å². The molecule has 0 fully saturated rings. The lowest BCUT2D eigenvalue weighted by atomic mass is 10.1. The number of amides is 3. The summed E-state index contributed by atoms with van der Waals surface area (Å²) < 4.78 is 0. The number of aryl methyl sites for hydroxylation is 1. The molecule has 0 spiro atoms. The number of nitrogens with one attached hydrogen (secondary N) is 3. The van der Waals surface area contributed by atoms with Gasteiger partial charge in [-0.1, -0.05) is 60.2 Å². The van der Waals surface area contributed by atoms with E-state index >= 15 is 0 Å². The fraction of sp³-hybridized carbons (Fsp3) is 0.111. The maximum Gasteiger partial charge on any atom is 0.272 e. The maximum absolute atomic E-state index is 13.4. The Kier molecular flexibility index (Phi) is 10.6. The highest BCUT2D eigenvalue weighted by Crippen LogP contribution is 2.26. The average Bonchev–Trinajstić information content (AvgIpc) is 3.53. The number of rotatable bonds is 11. The summed E-state index contributed by atoms with van der Waals surface area (Å²) in [4.78, 5) is 46.3. The monoisotopic (exact) mass is 647 g/mol. The lowest BCUT2D eigenvalue weighted by molar-refractivity contribution is -0.114. The number of carbonyl (C=O) groups excluding carboxylic acids is 3. The molecule has 4 aromatic carbocycles. The number of nitrogens with zero attached hydrogens (tertiary/aromatic N) is 2. The Hall–Kier alpha value is -5.19. The van der Waals surface area contributed by atoms with Crippen LogP contribution in [-0.2, 0) is 9.59 Å². The summed E-state index contributed by atoms with van der Waals surface area (Å²) in [6.45, 7) is 2.04. The van der Waals surface area contributed by atoms with E-state index in [1.807, 2.05) is 98.0 Å². The highest BCUT2D eigenvalue weighted by Gasteiger charge is 2.16. The second kappa shape index (κ2) is 15.2. The Bertz CT molecular complexity index is 1830. The lowest BCUT2D eigenvalue weighted by Gasteiger charge is -2.13. The van der Waals surface area contributed by atoms with Gasteiger partial charge in [0.2, 0.25) is 5.91 Å². The van der Waals surface area contributed by atoms with Crippen molar-refractivity contribution in [1.29, 1.82) is 0 Å². The van der Waals surface area contributed by atoms with E-state index in [4.69, 9.17) is 0 Å². The first-order valence-corrected chi connectivity index (χ1v) is 16.3. The molecular formula is C36H33N5O3S2. The van der Waals surface area contributed by atoms with Gasteiger partial charge < -0.3 is 20.9 Å². The second-order valence-corrected chi connectivity index (χ2v) is 12.5. The maximum atomic E-state index is 13.4. The Labute approximate surface area is 276 Å². The number of hydrogen-bond donors (Lipinski definition) is 3. The predicted molar refractivity (Wildman–Crippen MR) is 189 cm³/mol. The zero-order valence-electron chi connectivity index (χ0n) is 25.6. The molecule has 1 aromatic heterocycles. The summed E-state index contributed by atoms with van der Waals surface area (Å²) in [5.41, 5.74) is 5.88. The number of carbonyl (C=O) groups is 3. The van der Waals surface area contributed by atoms with Crippen LogP contribution < -0.4 is 20.9 Å². The van der Waals surface area contributed by atoms with Gasteiger partial charge in [0.05, 0.1) is 11.4 Å². The van der Waals surface area contributed by atoms with Crippen LogP contribution in [0.2, 0.25) is 0 Å². The Balaban J connectivity index is 1.19. The third-order valence-electron chi connectivity index (χ3n) is 6.83. The van der Waals surface area contributed by atoms with Gasteiger partial charge in [-0.3, -0.25) is 14.4 Å². The summed E-state index contributed by atoms with van der Waals surface area (Å²) in [6, 6.07) is 31.7. The Morgan fingerprint density at radius 2 is 1.54 bits per heavy atom. The van der Waals surface area contributed by atoms with E-state index in [2.05, 4.69) is 20.9 Å². The van der Waals surface area contributed by atoms with Crippen LogP contribution >= 0.6 is 23.1 Å². The van der Waals surface area contributed by atoms with Gasteiger partial charge >= 0.3 is 0 Å². The number of benzene rings is 4. The van der Waals surface area contributed by atoms with Gasteiger partial charge in [0.15, 0.2) is 5.13 Å². The fourth-order valence-corrected chi connectivity index (χ4v) is 5.74. The number of thiazole rings is 1. The van der Waals surface area contributed by atoms with Gasteiger partial charge in [0.1, 0.15) is 5.70 Å². The van der Waals surface area contributed by atoms with E-state index in [1.54, 1.807) is 42.5 Å². The largest absolute Gasteiger partial charge is 0.378 e. The first-order chi connectivity index (χ1) is 22.2. The van der Waals surface area contributed by atoms with Crippen LogP contribution in [0.3, 0.4) is 0 Å². The van der Waals surface area contributed by atoms with Crippen LogP contribution in [0.5, 0.6) is 0 Å². The molecule has 0 radical (unpaired) electrons. The van der Waals surface area contributed by atoms with Crippen molar-refractivity contribution in [1.82, 2.24) is 10.3 Å². The molecule has 3 amide bonds. The zero-order chi connectivity index (χ0) is 32.5. The molecule has 0 aliphatic rings. The molecule has 1 heterocycles. The summed E-state index contributed by atoms with van der Waals surface area (Å²) in [7, 11) is 3.90. The van der Waals surface area contributed by atoms with Crippen molar-refractivity contribution in [3.63, 3.8) is 0 Å². The highest BCUT2D eigenvalue weighted by atomic mass is 32.2. The van der Waals surface area contributed by atoms with Gasteiger partial charge in [-0.15, -0.1) is 23.1 Å². The quantitative estimate of drug-likeness (QED) is 0.103. The van der Waals surface area contributed by atoms with E-state index in [0.717, 1.165) is 27.4 Å². The fourth-order valence-electron chi connectivity index (χ4n) is 4.30. The minimum Gasteiger partial charge on any atom is -0.378 e. The van der Waals surface area contributed by atoms with Crippen molar-refractivity contribution >= 4 is 63.4 Å². The van der Waals surface area contributed by atoms with Crippen molar-refractivity contribution in [2.24, 2.45) is 0 Å². The molecule has 8 nitrogen and oxygen atoms in total. The SMILES string of the molecule is Cc1ccc(-c2csc(NC(=O)CSc3ccc(NC(=O)/C(=C/c4ccc(N(C)C)cc4)NC(=O)c4ccccc4)cc3)n2)cc1. The van der Waals surface area contributed by atoms with E-state index in [0.29, 0.717) is 16.4 Å². The zero-order valence-corrected chi connectivity index (χ0v) is 27.2. The molecule has 0 aliphatic carbocycles. The lowest BCUT2D eigenvalue weighted by Crippen LogP contribution is -2.30. The normalized spacial score (nSPS) is 11.1. The minimum atomic E-state index is -0.464. The molecule has 3 N–H and O–H groups in total. The summed E-state index contributed by atoms with van der Waals surface area (Å²) >= 11 is 2.77. The van der Waals surface area contributed by atoms with Gasteiger partial charge in [0, 0.05) is 46.9 Å². The molecule has 0 saturated heterocycles. The number of anilines is 3. The molecule has 5 aromatic rings. The summed E-state index contributed by atoms with van der Waals surface area (Å²) in [5, 5.41) is 11.0. The van der Waals surface area contributed by atoms with E-state index in [-0.39, 0.29) is 23.3 Å². The molecule has 232 valence electrons. The van der Waals surface area contributed by atoms with Crippen LogP contribution in [0.15, 0.2) is 119 Å². The molecule has 0 aliphatic heterocycles. The molecule has 0 bridgehead atoms. The first kappa shape index (κ1) is 32.2. The molecule has 0 saturated carbocycles. The third kappa shape index (κ3) is 8.93. The predicted octanol–water partition coefficient (Wildman–Crippen LogP) is 7.32. The topological polar surface area (TPSA) is 103 Å². The smallest absolute Gasteiger partial charge is 0.272 e.